The summed E-state index contributed by atoms with van der Waals surface area (Å²) >= 11 is 0. The van der Waals surface area contributed by atoms with Crippen LogP contribution in [-0.2, 0) is 19.4 Å². The van der Waals surface area contributed by atoms with Crippen LogP contribution in [0.25, 0.3) is 10.9 Å². The minimum absolute atomic E-state index is 0.316. The van der Waals surface area contributed by atoms with Gasteiger partial charge in [-0.15, -0.1) is 0 Å². The van der Waals surface area contributed by atoms with E-state index in [1.807, 2.05) is 18.3 Å². The Morgan fingerprint density at radius 1 is 0.758 bits per heavy atom. The van der Waals surface area contributed by atoms with Crippen molar-refractivity contribution in [2.45, 2.75) is 25.8 Å². The molecule has 1 aromatic heterocycles. The van der Waals surface area contributed by atoms with Gasteiger partial charge in [0.15, 0.2) is 11.5 Å². The van der Waals surface area contributed by atoms with E-state index < -0.39 is 0 Å². The Hall–Kier alpha value is -3.57. The van der Waals surface area contributed by atoms with Crippen molar-refractivity contribution < 1.29 is 9.47 Å². The smallest absolute Gasteiger partial charge is 0.231 e. The molecule has 2 N–H and O–H groups in total. The third kappa shape index (κ3) is 5.44. The standard InChI is InChI=1S/C28H29N3O2/c1-2-5-21(6-3-1)7-8-22-9-11-24-25(13-16-31-26(24)17-22)30-15-4-14-29-19-23-10-12-27-28(18-23)33-20-32-27/h1-3,5-6,9-13,16-18,29H,4,7-8,14-15,19-20H2,(H,30,31). The van der Waals surface area contributed by atoms with Crippen molar-refractivity contribution in [3.8, 4) is 11.5 Å². The molecular weight excluding hydrogens is 410 g/mol. The number of aromatic nitrogens is 1. The van der Waals surface area contributed by atoms with Crippen LogP contribution in [0, 0.1) is 0 Å². The maximum Gasteiger partial charge on any atom is 0.231 e. The van der Waals surface area contributed by atoms with Gasteiger partial charge in [0.25, 0.3) is 0 Å². The van der Waals surface area contributed by atoms with Gasteiger partial charge in [0.05, 0.1) is 5.52 Å². The SMILES string of the molecule is c1ccc(CCc2ccc3c(NCCCNCc4ccc5c(c4)OCO5)ccnc3c2)cc1. The molecule has 0 unspecified atom stereocenters. The van der Waals surface area contributed by atoms with Gasteiger partial charge in [0, 0.05) is 30.4 Å². The van der Waals surface area contributed by atoms with E-state index in [9.17, 15) is 0 Å². The van der Waals surface area contributed by atoms with E-state index in [4.69, 9.17) is 9.47 Å². The zero-order chi connectivity index (χ0) is 22.3. The van der Waals surface area contributed by atoms with E-state index in [1.165, 1.54) is 22.1 Å². The second kappa shape index (κ2) is 10.4. The lowest BCUT2D eigenvalue weighted by molar-refractivity contribution is 0.174. The molecule has 0 amide bonds. The summed E-state index contributed by atoms with van der Waals surface area (Å²) in [5.74, 6) is 1.67. The van der Waals surface area contributed by atoms with Gasteiger partial charge in [0.1, 0.15) is 0 Å². The molecule has 1 aliphatic rings. The Morgan fingerprint density at radius 3 is 2.55 bits per heavy atom. The number of rotatable bonds is 10. The van der Waals surface area contributed by atoms with Crippen LogP contribution in [0.5, 0.6) is 11.5 Å². The topological polar surface area (TPSA) is 55.4 Å². The van der Waals surface area contributed by atoms with Crippen LogP contribution in [0.15, 0.2) is 79.0 Å². The Labute approximate surface area is 194 Å². The van der Waals surface area contributed by atoms with Crippen LogP contribution < -0.4 is 20.1 Å². The highest BCUT2D eigenvalue weighted by molar-refractivity contribution is 5.91. The zero-order valence-corrected chi connectivity index (χ0v) is 18.7. The molecule has 0 saturated heterocycles. The van der Waals surface area contributed by atoms with E-state index in [0.717, 1.165) is 61.6 Å². The molecule has 4 aromatic rings. The molecule has 168 valence electrons. The van der Waals surface area contributed by atoms with Crippen LogP contribution >= 0.6 is 0 Å². The highest BCUT2D eigenvalue weighted by Gasteiger charge is 2.12. The normalized spacial score (nSPS) is 12.2. The highest BCUT2D eigenvalue weighted by Crippen LogP contribution is 2.32. The van der Waals surface area contributed by atoms with E-state index in [-0.39, 0.29) is 0 Å². The summed E-state index contributed by atoms with van der Waals surface area (Å²) in [6, 6.07) is 25.4. The number of fused-ring (bicyclic) bond motifs is 2. The number of aryl methyl sites for hydroxylation is 2. The van der Waals surface area contributed by atoms with Gasteiger partial charge in [-0.2, -0.15) is 0 Å². The molecule has 0 saturated carbocycles. The molecule has 0 fully saturated rings. The Bertz CT molecular complexity index is 1210. The van der Waals surface area contributed by atoms with Gasteiger partial charge >= 0.3 is 0 Å². The lowest BCUT2D eigenvalue weighted by Gasteiger charge is -2.11. The van der Waals surface area contributed by atoms with Crippen molar-refractivity contribution in [2.24, 2.45) is 0 Å². The molecule has 2 heterocycles. The predicted octanol–water partition coefficient (Wildman–Crippen LogP) is 5.34. The molecule has 5 nitrogen and oxygen atoms in total. The fourth-order valence-electron chi connectivity index (χ4n) is 4.16. The first-order valence-corrected chi connectivity index (χ1v) is 11.6. The molecule has 5 rings (SSSR count). The van der Waals surface area contributed by atoms with E-state index >= 15 is 0 Å². The van der Waals surface area contributed by atoms with Crippen LogP contribution in [0.2, 0.25) is 0 Å². The predicted molar refractivity (Wildman–Crippen MR) is 133 cm³/mol. The largest absolute Gasteiger partial charge is 0.454 e. The third-order valence-electron chi connectivity index (χ3n) is 5.96. The summed E-state index contributed by atoms with van der Waals surface area (Å²) in [5, 5.41) is 8.26. The average Bonchev–Trinajstić information content (AvgIpc) is 3.33. The molecular formula is C28H29N3O2. The average molecular weight is 440 g/mol. The van der Waals surface area contributed by atoms with E-state index in [2.05, 4.69) is 76.3 Å². The second-order valence-corrected chi connectivity index (χ2v) is 8.34. The van der Waals surface area contributed by atoms with Crippen LogP contribution in [0.3, 0.4) is 0 Å². The molecule has 1 aliphatic heterocycles. The molecule has 33 heavy (non-hydrogen) atoms. The maximum absolute atomic E-state index is 5.44. The fraction of sp³-hybridized carbons (Fsp3) is 0.250. The van der Waals surface area contributed by atoms with Gasteiger partial charge in [-0.05, 0) is 66.8 Å². The summed E-state index contributed by atoms with van der Waals surface area (Å²) < 4.78 is 10.8. The van der Waals surface area contributed by atoms with Crippen molar-refractivity contribution in [2.75, 3.05) is 25.2 Å². The summed E-state index contributed by atoms with van der Waals surface area (Å²) in [7, 11) is 0. The number of benzene rings is 3. The van der Waals surface area contributed by atoms with Crippen molar-refractivity contribution in [3.05, 3.63) is 95.7 Å². The van der Waals surface area contributed by atoms with Crippen molar-refractivity contribution >= 4 is 16.6 Å². The van der Waals surface area contributed by atoms with Crippen LogP contribution in [-0.4, -0.2) is 24.9 Å². The van der Waals surface area contributed by atoms with Gasteiger partial charge in [0.2, 0.25) is 6.79 Å². The monoisotopic (exact) mass is 439 g/mol. The zero-order valence-electron chi connectivity index (χ0n) is 18.7. The maximum atomic E-state index is 5.44. The number of pyridine rings is 1. The Kier molecular flexibility index (Phi) is 6.68. The second-order valence-electron chi connectivity index (χ2n) is 8.34. The summed E-state index contributed by atoms with van der Waals surface area (Å²) in [5.41, 5.74) is 6.09. The van der Waals surface area contributed by atoms with Gasteiger partial charge < -0.3 is 20.1 Å². The van der Waals surface area contributed by atoms with Crippen LogP contribution in [0.1, 0.15) is 23.1 Å². The minimum Gasteiger partial charge on any atom is -0.454 e. The van der Waals surface area contributed by atoms with Crippen molar-refractivity contribution in [3.63, 3.8) is 0 Å². The summed E-state index contributed by atoms with van der Waals surface area (Å²) in [6.07, 6.45) is 4.99. The van der Waals surface area contributed by atoms with Crippen LogP contribution in [0.4, 0.5) is 5.69 Å². The minimum atomic E-state index is 0.316. The first-order chi connectivity index (χ1) is 16.3. The fourth-order valence-corrected chi connectivity index (χ4v) is 4.16. The summed E-state index contributed by atoms with van der Waals surface area (Å²) in [4.78, 5) is 4.60. The molecule has 0 aliphatic carbocycles. The van der Waals surface area contributed by atoms with Gasteiger partial charge in [-0.25, -0.2) is 0 Å². The Morgan fingerprint density at radius 2 is 1.61 bits per heavy atom. The molecule has 0 atom stereocenters. The van der Waals surface area contributed by atoms with E-state index in [1.54, 1.807) is 0 Å². The lowest BCUT2D eigenvalue weighted by Crippen LogP contribution is -2.17. The first-order valence-electron chi connectivity index (χ1n) is 11.6. The number of hydrogen-bond acceptors (Lipinski definition) is 5. The van der Waals surface area contributed by atoms with Gasteiger partial charge in [-0.1, -0.05) is 48.5 Å². The molecule has 5 heteroatoms. The number of ether oxygens (including phenoxy) is 2. The van der Waals surface area contributed by atoms with Crippen molar-refractivity contribution in [1.82, 2.24) is 10.3 Å². The quantitative estimate of drug-likeness (QED) is 0.327. The number of nitrogens with one attached hydrogen (secondary N) is 2. The number of nitrogens with zero attached hydrogens (tertiary/aromatic N) is 1. The van der Waals surface area contributed by atoms with E-state index in [0.29, 0.717) is 6.79 Å². The molecule has 3 aromatic carbocycles. The third-order valence-corrected chi connectivity index (χ3v) is 5.96. The highest BCUT2D eigenvalue weighted by atomic mass is 16.7. The number of anilines is 1. The Balaban J connectivity index is 1.09. The molecule has 0 radical (unpaired) electrons. The molecule has 0 spiro atoms. The molecule has 0 bridgehead atoms. The first kappa shape index (κ1) is 21.3. The number of hydrogen-bond donors (Lipinski definition) is 2. The summed E-state index contributed by atoms with van der Waals surface area (Å²) in [6.45, 7) is 2.98. The van der Waals surface area contributed by atoms with Crippen molar-refractivity contribution in [1.29, 1.82) is 0 Å². The lowest BCUT2D eigenvalue weighted by atomic mass is 10.0. The van der Waals surface area contributed by atoms with Gasteiger partial charge in [-0.3, -0.25) is 4.98 Å².